The van der Waals surface area contributed by atoms with Crippen molar-refractivity contribution in [3.8, 4) is 5.75 Å². The predicted molar refractivity (Wildman–Crippen MR) is 157 cm³/mol. The van der Waals surface area contributed by atoms with Gasteiger partial charge in [-0.2, -0.15) is 0 Å². The van der Waals surface area contributed by atoms with E-state index in [9.17, 15) is 14.7 Å². The van der Waals surface area contributed by atoms with Crippen LogP contribution in [0, 0.1) is 0 Å². The summed E-state index contributed by atoms with van der Waals surface area (Å²) in [6.07, 6.45) is 2.45. The Morgan fingerprint density at radius 2 is 1.72 bits per heavy atom. The van der Waals surface area contributed by atoms with Crippen LogP contribution >= 0.6 is 15.9 Å². The normalized spacial score (nSPS) is 17.3. The molecule has 4 aromatic rings. The average molecular weight is 588 g/mol. The third kappa shape index (κ3) is 5.11. The average Bonchev–Trinajstić information content (AvgIpc) is 3.44. The molecule has 3 aromatic carbocycles. The first kappa shape index (κ1) is 26.8. The summed E-state index contributed by atoms with van der Waals surface area (Å²) in [4.78, 5) is 31.7. The van der Waals surface area contributed by atoms with Gasteiger partial charge < -0.3 is 19.7 Å². The largest absolute Gasteiger partial charge is 0.507 e. The number of carbonyl (C=O) groups excluding carboxylic acids is 2. The fourth-order valence-electron chi connectivity index (χ4n) is 5.12. The zero-order valence-corrected chi connectivity index (χ0v) is 24.0. The number of aromatic amines is 1. The summed E-state index contributed by atoms with van der Waals surface area (Å²) in [5.74, 6) is -0.723. The minimum atomic E-state index is -0.706. The monoisotopic (exact) mass is 586 g/mol. The molecule has 2 N–H and O–H groups in total. The van der Waals surface area contributed by atoms with E-state index in [2.05, 4.69) is 41.7 Å². The van der Waals surface area contributed by atoms with Crippen LogP contribution in [0.2, 0.25) is 0 Å². The van der Waals surface area contributed by atoms with Crippen LogP contribution in [0.15, 0.2) is 83.0 Å². The number of nitrogens with zero attached hydrogens (tertiary/aromatic N) is 1. The summed E-state index contributed by atoms with van der Waals surface area (Å²) in [5, 5.41) is 12.3. The number of hydrogen-bond donors (Lipinski definition) is 2. The number of ketones is 1. The van der Waals surface area contributed by atoms with E-state index in [1.54, 1.807) is 36.3 Å². The van der Waals surface area contributed by atoms with Gasteiger partial charge in [-0.05, 0) is 58.9 Å². The van der Waals surface area contributed by atoms with Crippen molar-refractivity contribution in [1.29, 1.82) is 0 Å². The topological polar surface area (TPSA) is 82.6 Å². The van der Waals surface area contributed by atoms with Gasteiger partial charge in [0.2, 0.25) is 0 Å². The smallest absolute Gasteiger partial charge is 0.295 e. The first-order valence-electron chi connectivity index (χ1n) is 12.9. The maximum Gasteiger partial charge on any atom is 0.295 e. The Kier molecular flexibility index (Phi) is 7.12. The van der Waals surface area contributed by atoms with Gasteiger partial charge >= 0.3 is 0 Å². The van der Waals surface area contributed by atoms with Crippen molar-refractivity contribution in [3.05, 3.63) is 105 Å². The molecule has 1 aliphatic rings. The molecule has 0 spiro atoms. The molecular weight excluding hydrogens is 556 g/mol. The predicted octanol–water partition coefficient (Wildman–Crippen LogP) is 6.90. The zero-order chi connectivity index (χ0) is 27.9. The lowest BCUT2D eigenvalue weighted by molar-refractivity contribution is -0.139. The van der Waals surface area contributed by atoms with Gasteiger partial charge in [0.05, 0.1) is 18.7 Å². The number of hydrogen-bond acceptors (Lipinski definition) is 4. The SMILES string of the molecule is COc1ccc2[nH]cc(CCN3C(=O)C(=O)C(=C(O)c4ccc(Br)cc4)[C@@H]3c3ccc(C(C)(C)C)cc3)c2c1. The highest BCUT2D eigenvalue weighted by Crippen LogP contribution is 2.40. The van der Waals surface area contributed by atoms with Gasteiger partial charge in [-0.1, -0.05) is 73.1 Å². The molecule has 0 saturated carbocycles. The minimum absolute atomic E-state index is 0.0475. The van der Waals surface area contributed by atoms with Crippen molar-refractivity contribution >= 4 is 44.3 Å². The minimum Gasteiger partial charge on any atom is -0.507 e. The van der Waals surface area contributed by atoms with Crippen LogP contribution in [0.3, 0.4) is 0 Å². The van der Waals surface area contributed by atoms with Gasteiger partial charge in [0, 0.05) is 33.7 Å². The number of fused-ring (bicyclic) bond motifs is 1. The molecule has 1 fully saturated rings. The van der Waals surface area contributed by atoms with E-state index in [0.717, 1.165) is 37.8 Å². The van der Waals surface area contributed by atoms with E-state index in [0.29, 0.717) is 18.5 Å². The second-order valence-electron chi connectivity index (χ2n) is 10.8. The molecule has 7 heteroatoms. The number of rotatable bonds is 6. The summed E-state index contributed by atoms with van der Waals surface area (Å²) < 4.78 is 6.25. The van der Waals surface area contributed by atoms with Crippen molar-refractivity contribution in [1.82, 2.24) is 9.88 Å². The van der Waals surface area contributed by atoms with Gasteiger partial charge in [0.15, 0.2) is 0 Å². The van der Waals surface area contributed by atoms with Crippen LogP contribution in [-0.4, -0.2) is 40.3 Å². The van der Waals surface area contributed by atoms with Crippen LogP contribution in [0.25, 0.3) is 16.7 Å². The Morgan fingerprint density at radius 1 is 1.03 bits per heavy atom. The van der Waals surface area contributed by atoms with E-state index in [1.807, 2.05) is 48.7 Å². The van der Waals surface area contributed by atoms with Crippen LogP contribution in [0.4, 0.5) is 0 Å². The van der Waals surface area contributed by atoms with E-state index < -0.39 is 17.7 Å². The number of aromatic nitrogens is 1. The number of Topliss-reactive ketones (excluding diaryl/α,β-unsaturated/α-hetero) is 1. The number of carbonyl (C=O) groups is 2. The molecule has 6 nitrogen and oxygen atoms in total. The lowest BCUT2D eigenvalue weighted by Gasteiger charge is -2.26. The van der Waals surface area contributed by atoms with Crippen molar-refractivity contribution in [2.24, 2.45) is 0 Å². The molecule has 0 unspecified atom stereocenters. The maximum atomic E-state index is 13.4. The fourth-order valence-corrected chi connectivity index (χ4v) is 5.38. The number of methoxy groups -OCH3 is 1. The molecule has 2 heterocycles. The molecule has 0 radical (unpaired) electrons. The van der Waals surface area contributed by atoms with Gasteiger partial charge in [-0.3, -0.25) is 9.59 Å². The van der Waals surface area contributed by atoms with Crippen LogP contribution in [-0.2, 0) is 21.4 Å². The molecule has 200 valence electrons. The first-order chi connectivity index (χ1) is 18.6. The Morgan fingerprint density at radius 3 is 2.36 bits per heavy atom. The van der Waals surface area contributed by atoms with Gasteiger partial charge in [0.1, 0.15) is 11.5 Å². The summed E-state index contributed by atoms with van der Waals surface area (Å²) in [7, 11) is 1.63. The number of aliphatic hydroxyl groups excluding tert-OH is 1. The Balaban J connectivity index is 1.56. The quantitative estimate of drug-likeness (QED) is 0.146. The van der Waals surface area contributed by atoms with Gasteiger partial charge in [-0.25, -0.2) is 0 Å². The van der Waals surface area contributed by atoms with Crippen LogP contribution in [0.1, 0.15) is 49.1 Å². The number of nitrogens with one attached hydrogen (secondary N) is 1. The highest BCUT2D eigenvalue weighted by molar-refractivity contribution is 9.10. The van der Waals surface area contributed by atoms with Crippen LogP contribution in [0.5, 0.6) is 5.75 Å². The number of halogens is 1. The number of aliphatic hydroxyl groups is 1. The first-order valence-corrected chi connectivity index (χ1v) is 13.7. The third-order valence-electron chi connectivity index (χ3n) is 7.35. The number of likely N-dealkylation sites (tertiary alicyclic amines) is 1. The van der Waals surface area contributed by atoms with E-state index in [1.165, 1.54) is 0 Å². The van der Waals surface area contributed by atoms with Crippen molar-refractivity contribution in [2.75, 3.05) is 13.7 Å². The zero-order valence-electron chi connectivity index (χ0n) is 22.4. The molecule has 1 aromatic heterocycles. The number of ether oxygens (including phenoxy) is 1. The summed E-state index contributed by atoms with van der Waals surface area (Å²) >= 11 is 3.41. The summed E-state index contributed by atoms with van der Waals surface area (Å²) in [6.45, 7) is 6.71. The van der Waals surface area contributed by atoms with Crippen molar-refractivity contribution < 1.29 is 19.4 Å². The summed E-state index contributed by atoms with van der Waals surface area (Å²) in [6, 6.07) is 20.1. The van der Waals surface area contributed by atoms with Crippen molar-refractivity contribution in [2.45, 2.75) is 38.6 Å². The Labute approximate surface area is 236 Å². The fraction of sp³-hybridized carbons (Fsp3) is 0.250. The standard InChI is InChI=1S/C32H31BrN2O4/c1-32(2,3)22-9-5-19(6-10-22)28-27(29(36)20-7-11-23(33)12-8-20)30(37)31(38)35(28)16-15-21-18-34-26-14-13-24(39-4)17-25(21)26/h5-14,17-18,28,34,36H,15-16H2,1-4H3/t28-/m0/s1. The van der Waals surface area contributed by atoms with Gasteiger partial charge in [-0.15, -0.1) is 0 Å². The van der Waals surface area contributed by atoms with Crippen molar-refractivity contribution in [3.63, 3.8) is 0 Å². The molecule has 5 rings (SSSR count). The molecule has 0 bridgehead atoms. The second kappa shape index (κ2) is 10.4. The highest BCUT2D eigenvalue weighted by atomic mass is 79.9. The lowest BCUT2D eigenvalue weighted by Crippen LogP contribution is -2.31. The molecule has 1 amide bonds. The summed E-state index contributed by atoms with van der Waals surface area (Å²) in [5.41, 5.74) is 4.44. The molecule has 1 atom stereocenters. The van der Waals surface area contributed by atoms with Gasteiger partial charge in [0.25, 0.3) is 11.7 Å². The molecule has 0 aliphatic carbocycles. The van der Waals surface area contributed by atoms with E-state index >= 15 is 0 Å². The number of amides is 1. The van der Waals surface area contributed by atoms with Crippen LogP contribution < -0.4 is 4.74 Å². The maximum absolute atomic E-state index is 13.4. The number of H-pyrrole nitrogens is 1. The third-order valence-corrected chi connectivity index (χ3v) is 7.88. The molecular formula is C32H31BrN2O4. The Bertz CT molecular complexity index is 1580. The Hall–Kier alpha value is -3.84. The molecule has 1 saturated heterocycles. The van der Waals surface area contributed by atoms with E-state index in [4.69, 9.17) is 4.74 Å². The highest BCUT2D eigenvalue weighted by Gasteiger charge is 2.46. The van der Waals surface area contributed by atoms with E-state index in [-0.39, 0.29) is 16.7 Å². The molecule has 1 aliphatic heterocycles. The number of benzene rings is 3. The molecule has 39 heavy (non-hydrogen) atoms. The second-order valence-corrected chi connectivity index (χ2v) is 11.8. The lowest BCUT2D eigenvalue weighted by atomic mass is 9.85.